The molecule has 0 spiro atoms. The zero-order valence-corrected chi connectivity index (χ0v) is 33.8. The fourth-order valence-corrected chi connectivity index (χ4v) is 9.21. The Kier molecular flexibility index (Phi) is 3.21. The summed E-state index contributed by atoms with van der Waals surface area (Å²) in [5.74, 6) is 0. The number of hydrogen-bond acceptors (Lipinski definition) is 2. The van der Waals surface area contributed by atoms with Gasteiger partial charge < -0.3 is 8.83 Å². The SMILES string of the molecule is [2H]c1c(-c2c([2H])c([2H])c3oc4c([2H])c([2H])c([2H])c([2H])c4c3c2[2H])c(-c2c([2H])c([2H])c3c([2H])c([2H])c4c([2H])c([2H])c([2H])c5c([2H])c([2H])c2c3c45)c([2H])c(-c2c([2H])c([2H])c3c([2H])c([2H])c4c([2H])c([2H])c([2H])c5c([2H])c([2H])c2c3c45)c1-c1c([2H])c([2H])c2oc3c4c([2H])c([2H])c([2H])c([2H])c4c([2H])c([2H])c3c2c1[2H]. The Balaban J connectivity index is 1.25. The summed E-state index contributed by atoms with van der Waals surface area (Å²) in [6, 6.07) is -35.7. The van der Waals surface area contributed by atoms with E-state index in [4.69, 9.17) is 28.0 Å². The van der Waals surface area contributed by atoms with E-state index in [9.17, 15) is 30.2 Å². The van der Waals surface area contributed by atoms with Gasteiger partial charge in [0, 0.05) is 26.9 Å². The first-order valence-corrected chi connectivity index (χ1v) is 20.6. The monoisotopic (exact) mass is 896 g/mol. The molecule has 2 aromatic heterocycles. The zero-order valence-electron chi connectivity index (χ0n) is 69.8. The summed E-state index contributed by atoms with van der Waals surface area (Å²) in [6.45, 7) is 0. The van der Waals surface area contributed by atoms with Gasteiger partial charge in [-0.05, 0) is 163 Å². The molecule has 0 amide bonds. The van der Waals surface area contributed by atoms with Crippen molar-refractivity contribution in [3.8, 4) is 44.5 Å². The number of furan rings is 2. The molecule has 0 aliphatic heterocycles. The van der Waals surface area contributed by atoms with Gasteiger partial charge in [0.2, 0.25) is 0 Å². The number of benzene rings is 14. The van der Waals surface area contributed by atoms with E-state index < -0.39 is 381 Å². The minimum Gasteiger partial charge on any atom is -0.456 e. The van der Waals surface area contributed by atoms with Gasteiger partial charge in [-0.2, -0.15) is 0 Å². The lowest BCUT2D eigenvalue weighted by Crippen LogP contribution is -1.95. The predicted octanol–water partition coefficient (Wildman–Crippen LogP) is 19.1. The maximum atomic E-state index is 11.3. The van der Waals surface area contributed by atoms with Crippen LogP contribution < -0.4 is 0 Å². The van der Waals surface area contributed by atoms with Crippen LogP contribution in [0.1, 0.15) is 49.3 Å². The van der Waals surface area contributed by atoms with E-state index in [1.807, 2.05) is 0 Å². The molecule has 0 bridgehead atoms. The molecule has 0 unspecified atom stereocenters. The summed E-state index contributed by atoms with van der Waals surface area (Å²) in [5, 5.41) is -11.2. The van der Waals surface area contributed by atoms with Crippen molar-refractivity contribution in [1.82, 2.24) is 0 Å². The lowest BCUT2D eigenvalue weighted by atomic mass is 9.81. The number of para-hydroxylation sites is 1. The van der Waals surface area contributed by atoms with Crippen LogP contribution in [0.5, 0.6) is 0 Å². The molecule has 0 radical (unpaired) electrons. The molecule has 14 aromatic carbocycles. The van der Waals surface area contributed by atoms with Crippen LogP contribution in [0.4, 0.5) is 0 Å². The fraction of sp³-hybridized carbons (Fsp3) is 0. The molecule has 0 N–H and O–H groups in total. The second-order valence-electron chi connectivity index (χ2n) is 15.8. The average Bonchev–Trinajstić information content (AvgIpc) is 0.853. The maximum Gasteiger partial charge on any atom is 0.143 e. The molecule has 0 atom stereocenters. The highest BCUT2D eigenvalue weighted by atomic mass is 16.3. The van der Waals surface area contributed by atoms with E-state index in [1.165, 1.54) is 0 Å². The Hall–Kier alpha value is -8.98. The molecule has 0 aliphatic carbocycles. The van der Waals surface area contributed by atoms with Crippen molar-refractivity contribution in [2.45, 2.75) is 0 Å². The van der Waals surface area contributed by atoms with E-state index in [1.54, 1.807) is 0 Å². The van der Waals surface area contributed by atoms with Gasteiger partial charge in [-0.1, -0.05) is 169 Å². The molecule has 16 rings (SSSR count). The average molecular weight is 897 g/mol. The highest BCUT2D eigenvalue weighted by Gasteiger charge is 2.23. The van der Waals surface area contributed by atoms with Gasteiger partial charge in [-0.15, -0.1) is 0 Å². The Morgan fingerprint density at radius 3 is 1.28 bits per heavy atom. The van der Waals surface area contributed by atoms with Crippen molar-refractivity contribution < 1.29 is 58.2 Å². The van der Waals surface area contributed by atoms with Crippen LogP contribution in [0.25, 0.3) is 164 Å². The van der Waals surface area contributed by atoms with Crippen LogP contribution in [0, 0.1) is 0 Å². The number of rotatable bonds is 4. The standard InChI is InChI=1S/C66H36O2/c1-2-12-46-37(7-1)19-30-52-58-34-45(25-32-61(58)68-66(46)52)54-35-53(44-24-31-60-57(33-44)49-13-3-4-14-59(49)67-60)55(47-26-20-42-17-15-38-8-5-10-40-22-28-50(47)64(42)62(38)40)36-56(54)48-27-21-43-18-16-39-9-6-11-41-23-29-51(48)65(43)63(39)41/h1-36H/i1D,2D,3D,4D,5D,6D,7D,8D,9D,10D,11D,12D,13D,14D,15D,16D,17D,18D,19D,20D,21D,22D,23D,24D,25D,26D,27D,28D,29D,30D,31D,32D,33D,34D,35D,36D. The fourth-order valence-electron chi connectivity index (χ4n) is 9.21. The van der Waals surface area contributed by atoms with Gasteiger partial charge in [-0.25, -0.2) is 0 Å². The third-order valence-electron chi connectivity index (χ3n) is 12.2. The van der Waals surface area contributed by atoms with Crippen molar-refractivity contribution in [2.75, 3.05) is 0 Å². The van der Waals surface area contributed by atoms with Crippen LogP contribution in [0.15, 0.2) is 226 Å². The molecule has 68 heavy (non-hydrogen) atoms. The predicted molar refractivity (Wildman–Crippen MR) is 288 cm³/mol. The van der Waals surface area contributed by atoms with Crippen molar-refractivity contribution in [3.05, 3.63) is 218 Å². The van der Waals surface area contributed by atoms with Gasteiger partial charge in [0.05, 0.1) is 49.3 Å². The summed E-state index contributed by atoms with van der Waals surface area (Å²) in [7, 11) is 0. The van der Waals surface area contributed by atoms with Crippen molar-refractivity contribution in [2.24, 2.45) is 0 Å². The highest BCUT2D eigenvalue weighted by molar-refractivity contribution is 6.28. The molecule has 2 heteroatoms. The lowest BCUT2D eigenvalue weighted by Gasteiger charge is -2.22. The maximum absolute atomic E-state index is 11.3. The molecule has 16 aromatic rings. The van der Waals surface area contributed by atoms with Gasteiger partial charge in [0.15, 0.2) is 0 Å². The first-order chi connectivity index (χ1) is 48.8. The first-order valence-electron chi connectivity index (χ1n) is 38.6. The Bertz CT molecular complexity index is 6920. The highest BCUT2D eigenvalue weighted by Crippen LogP contribution is 2.50. The number of hydrogen-bond donors (Lipinski definition) is 0. The first kappa shape index (κ1) is 16.4. The van der Waals surface area contributed by atoms with Gasteiger partial charge in [-0.3, -0.25) is 0 Å². The summed E-state index contributed by atoms with van der Waals surface area (Å²) in [6.07, 6.45) is 0. The van der Waals surface area contributed by atoms with Gasteiger partial charge in [0.25, 0.3) is 0 Å². The number of fused-ring (bicyclic) bond motifs is 8. The molecular formula is C66H36O2. The molecule has 0 saturated heterocycles. The Labute approximate surface area is 439 Å². The topological polar surface area (TPSA) is 26.3 Å². The third kappa shape index (κ3) is 4.96. The molecule has 0 saturated carbocycles. The van der Waals surface area contributed by atoms with Crippen LogP contribution >= 0.6 is 0 Å². The quantitative estimate of drug-likeness (QED) is 0.165. The van der Waals surface area contributed by atoms with E-state index in [0.717, 1.165) is 0 Å². The summed E-state index contributed by atoms with van der Waals surface area (Å²) >= 11 is 0. The summed E-state index contributed by atoms with van der Waals surface area (Å²) in [5.41, 5.74) is -11.5. The van der Waals surface area contributed by atoms with E-state index in [2.05, 4.69) is 0 Å². The molecule has 312 valence electrons. The Morgan fingerprint density at radius 1 is 0.235 bits per heavy atom. The molecule has 0 aliphatic rings. The summed E-state index contributed by atoms with van der Waals surface area (Å²) in [4.78, 5) is 0. The molecule has 2 nitrogen and oxygen atoms in total. The van der Waals surface area contributed by atoms with Crippen molar-refractivity contribution in [3.63, 3.8) is 0 Å². The Morgan fingerprint density at radius 2 is 0.662 bits per heavy atom. The lowest BCUT2D eigenvalue weighted by molar-refractivity contribution is 0.669. The van der Waals surface area contributed by atoms with E-state index >= 15 is 0 Å². The van der Waals surface area contributed by atoms with Crippen molar-refractivity contribution >= 4 is 119 Å². The summed E-state index contributed by atoms with van der Waals surface area (Å²) < 4.78 is 355. The molecular weight excluding hydrogens is 825 g/mol. The third-order valence-corrected chi connectivity index (χ3v) is 12.2. The van der Waals surface area contributed by atoms with Crippen molar-refractivity contribution in [1.29, 1.82) is 0 Å². The van der Waals surface area contributed by atoms with Crippen LogP contribution in [0.2, 0.25) is 0 Å². The normalized spacial score (nSPS) is 19.8. The zero-order chi connectivity index (χ0) is 75.5. The second-order valence-corrected chi connectivity index (χ2v) is 15.8. The van der Waals surface area contributed by atoms with E-state index in [0.29, 0.717) is 0 Å². The van der Waals surface area contributed by atoms with Crippen LogP contribution in [-0.4, -0.2) is 0 Å². The van der Waals surface area contributed by atoms with Crippen LogP contribution in [0.3, 0.4) is 0 Å². The van der Waals surface area contributed by atoms with Gasteiger partial charge in [0.1, 0.15) is 22.3 Å². The van der Waals surface area contributed by atoms with Crippen LogP contribution in [-0.2, 0) is 0 Å². The minimum atomic E-state index is -1.36. The minimum absolute atomic E-state index is 0.488. The molecule has 0 fully saturated rings. The second kappa shape index (κ2) is 13.3. The van der Waals surface area contributed by atoms with Gasteiger partial charge >= 0.3 is 0 Å². The largest absolute Gasteiger partial charge is 0.456 e. The smallest absolute Gasteiger partial charge is 0.143 e. The van der Waals surface area contributed by atoms with E-state index in [-0.39, 0.29) is 0 Å². The molecule has 2 heterocycles.